The Labute approximate surface area is 116 Å². The van der Waals surface area contributed by atoms with Crippen molar-refractivity contribution in [1.82, 2.24) is 0 Å². The van der Waals surface area contributed by atoms with E-state index in [1.807, 2.05) is 0 Å². The van der Waals surface area contributed by atoms with E-state index in [0.29, 0.717) is 5.56 Å². The predicted molar refractivity (Wildman–Crippen MR) is 74.1 cm³/mol. The van der Waals surface area contributed by atoms with Gasteiger partial charge >= 0.3 is 0 Å². The lowest BCUT2D eigenvalue weighted by Gasteiger charge is -2.12. The van der Waals surface area contributed by atoms with Crippen LogP contribution in [0.3, 0.4) is 0 Å². The van der Waals surface area contributed by atoms with Crippen LogP contribution in [0.2, 0.25) is 0 Å². The molecule has 2 nitrogen and oxygen atoms in total. The molecule has 0 N–H and O–H groups in total. The molecule has 1 unspecified atom stereocenters. The van der Waals surface area contributed by atoms with Gasteiger partial charge in [0.1, 0.15) is 22.6 Å². The maximum Gasteiger partial charge on any atom is 0.144 e. The maximum absolute atomic E-state index is 13.4. The predicted octanol–water partition coefficient (Wildman–Crippen LogP) is 3.80. The van der Waals surface area contributed by atoms with E-state index in [4.69, 9.17) is 0 Å². The van der Waals surface area contributed by atoms with Gasteiger partial charge in [0.15, 0.2) is 0 Å². The standard InChI is InChI=1S/C12H14BrF2NOS/c1-12(2,3)18(17)16-5-4-8-6-9(13)11(15)7-10(8)14/h5-7H,4H2,1-3H3. The van der Waals surface area contributed by atoms with E-state index in [2.05, 4.69) is 20.3 Å². The van der Waals surface area contributed by atoms with Crippen LogP contribution in [0.5, 0.6) is 0 Å². The second-order valence-electron chi connectivity index (χ2n) is 4.71. The summed E-state index contributed by atoms with van der Waals surface area (Å²) in [6, 6.07) is 2.17. The highest BCUT2D eigenvalue weighted by Gasteiger charge is 2.18. The van der Waals surface area contributed by atoms with Crippen LogP contribution in [0.1, 0.15) is 26.3 Å². The van der Waals surface area contributed by atoms with Crippen molar-refractivity contribution in [1.29, 1.82) is 0 Å². The van der Waals surface area contributed by atoms with E-state index < -0.39 is 27.4 Å². The van der Waals surface area contributed by atoms with Crippen LogP contribution >= 0.6 is 15.9 Å². The number of halogens is 3. The Morgan fingerprint density at radius 1 is 1.33 bits per heavy atom. The molecule has 0 aliphatic heterocycles. The van der Waals surface area contributed by atoms with Crippen molar-refractivity contribution in [2.24, 2.45) is 4.40 Å². The van der Waals surface area contributed by atoms with Crippen LogP contribution < -0.4 is 0 Å². The van der Waals surface area contributed by atoms with Crippen molar-refractivity contribution in [2.45, 2.75) is 31.9 Å². The van der Waals surface area contributed by atoms with Gasteiger partial charge in [-0.15, -0.1) is 0 Å². The molecular formula is C12H14BrF2NOS. The summed E-state index contributed by atoms with van der Waals surface area (Å²) in [6.07, 6.45) is 1.57. The molecule has 1 aromatic carbocycles. The van der Waals surface area contributed by atoms with Gasteiger partial charge in [-0.25, -0.2) is 13.0 Å². The molecule has 0 aromatic heterocycles. The van der Waals surface area contributed by atoms with Crippen LogP contribution in [0.4, 0.5) is 8.78 Å². The van der Waals surface area contributed by atoms with Gasteiger partial charge in [0.2, 0.25) is 0 Å². The van der Waals surface area contributed by atoms with E-state index >= 15 is 0 Å². The maximum atomic E-state index is 13.4. The summed E-state index contributed by atoms with van der Waals surface area (Å²) < 4.78 is 41.6. The van der Waals surface area contributed by atoms with Crippen LogP contribution in [0.15, 0.2) is 21.0 Å². The first-order valence-corrected chi connectivity index (χ1v) is 7.19. The first-order chi connectivity index (χ1) is 8.21. The van der Waals surface area contributed by atoms with E-state index in [0.717, 1.165) is 6.07 Å². The normalized spacial score (nSPS) is 14.1. The zero-order valence-corrected chi connectivity index (χ0v) is 12.7. The van der Waals surface area contributed by atoms with Crippen LogP contribution in [-0.4, -0.2) is 15.2 Å². The Balaban J connectivity index is 2.79. The van der Waals surface area contributed by atoms with Crippen molar-refractivity contribution >= 4 is 33.1 Å². The third kappa shape index (κ3) is 4.24. The zero-order chi connectivity index (χ0) is 13.9. The molecular weight excluding hydrogens is 324 g/mol. The van der Waals surface area contributed by atoms with Crippen LogP contribution in [0, 0.1) is 11.6 Å². The molecule has 1 atom stereocenters. The van der Waals surface area contributed by atoms with Gasteiger partial charge < -0.3 is 0 Å². The largest absolute Gasteiger partial charge is 0.234 e. The smallest absolute Gasteiger partial charge is 0.144 e. The van der Waals surface area contributed by atoms with Gasteiger partial charge in [0.25, 0.3) is 0 Å². The minimum atomic E-state index is -1.37. The van der Waals surface area contributed by atoms with Gasteiger partial charge in [-0.05, 0) is 48.3 Å². The fourth-order valence-electron chi connectivity index (χ4n) is 1.08. The summed E-state index contributed by atoms with van der Waals surface area (Å²) in [4.78, 5) is 0. The molecule has 0 aliphatic carbocycles. The molecule has 0 spiro atoms. The molecule has 18 heavy (non-hydrogen) atoms. The quantitative estimate of drug-likeness (QED) is 0.609. The summed E-state index contributed by atoms with van der Waals surface area (Å²) in [6.45, 7) is 5.40. The molecule has 6 heteroatoms. The van der Waals surface area contributed by atoms with Gasteiger partial charge in [0.05, 0.1) is 9.22 Å². The lowest BCUT2D eigenvalue weighted by atomic mass is 10.1. The average molecular weight is 338 g/mol. The molecule has 100 valence electrons. The van der Waals surface area contributed by atoms with Crippen molar-refractivity contribution in [3.63, 3.8) is 0 Å². The molecule has 0 aliphatic rings. The van der Waals surface area contributed by atoms with E-state index in [1.165, 1.54) is 12.3 Å². The molecule has 0 fully saturated rings. The lowest BCUT2D eigenvalue weighted by Crippen LogP contribution is -2.19. The Bertz CT molecular complexity index is 498. The van der Waals surface area contributed by atoms with Crippen LogP contribution in [0.25, 0.3) is 0 Å². The third-order valence-electron chi connectivity index (χ3n) is 2.09. The Kier molecular flexibility index (Phi) is 5.16. The first-order valence-electron chi connectivity index (χ1n) is 5.30. The van der Waals surface area contributed by atoms with Gasteiger partial charge in [-0.3, -0.25) is 0 Å². The van der Waals surface area contributed by atoms with Crippen molar-refractivity contribution in [2.75, 3.05) is 0 Å². The second kappa shape index (κ2) is 6.02. The Hall–Kier alpha value is -0.620. The number of hydrogen-bond donors (Lipinski definition) is 0. The van der Waals surface area contributed by atoms with Gasteiger partial charge in [-0.1, -0.05) is 0 Å². The summed E-state index contributed by atoms with van der Waals surface area (Å²) >= 11 is 2.99. The third-order valence-corrected chi connectivity index (χ3v) is 4.09. The first kappa shape index (κ1) is 15.4. The number of nitrogens with zero attached hydrogens (tertiary/aromatic N) is 1. The molecule has 0 bridgehead atoms. The van der Waals surface area contributed by atoms with Gasteiger partial charge in [0, 0.05) is 18.7 Å². The second-order valence-corrected chi connectivity index (χ2v) is 7.50. The molecule has 0 saturated heterocycles. The fraction of sp³-hybridized carbons (Fsp3) is 0.417. The van der Waals surface area contributed by atoms with E-state index in [1.54, 1.807) is 20.8 Å². The molecule has 0 heterocycles. The number of rotatable bonds is 3. The van der Waals surface area contributed by atoms with Crippen LogP contribution in [-0.2, 0) is 17.4 Å². The molecule has 0 amide bonds. The van der Waals surface area contributed by atoms with Crippen molar-refractivity contribution in [3.05, 3.63) is 33.8 Å². The highest BCUT2D eigenvalue weighted by Crippen LogP contribution is 2.20. The Morgan fingerprint density at radius 3 is 2.50 bits per heavy atom. The average Bonchev–Trinajstić information content (AvgIpc) is 2.23. The summed E-state index contributed by atoms with van der Waals surface area (Å²) in [5.41, 5.74) is 0.304. The highest BCUT2D eigenvalue weighted by molar-refractivity contribution is 9.10. The van der Waals surface area contributed by atoms with Gasteiger partial charge in [-0.2, -0.15) is 4.40 Å². The molecule has 0 saturated carbocycles. The lowest BCUT2D eigenvalue weighted by molar-refractivity contribution is 0.572. The summed E-state index contributed by atoms with van der Waals surface area (Å²) in [7, 11) is -1.37. The topological polar surface area (TPSA) is 29.4 Å². The van der Waals surface area contributed by atoms with Crippen molar-refractivity contribution < 1.29 is 13.0 Å². The minimum absolute atomic E-state index is 0.173. The number of benzene rings is 1. The fourth-order valence-corrected chi connectivity index (χ4v) is 2.00. The van der Waals surface area contributed by atoms with Crippen molar-refractivity contribution in [3.8, 4) is 0 Å². The SMILES string of the molecule is CC(C)(C)S(=O)N=CCc1cc(Br)c(F)cc1F. The minimum Gasteiger partial charge on any atom is -0.234 e. The van der Waals surface area contributed by atoms with E-state index in [-0.39, 0.29) is 10.9 Å². The Morgan fingerprint density at radius 2 is 1.94 bits per heavy atom. The number of hydrogen-bond acceptors (Lipinski definition) is 1. The molecule has 1 rings (SSSR count). The zero-order valence-electron chi connectivity index (χ0n) is 10.3. The summed E-state index contributed by atoms with van der Waals surface area (Å²) in [5, 5.41) is 0. The highest BCUT2D eigenvalue weighted by atomic mass is 79.9. The monoisotopic (exact) mass is 337 g/mol. The molecule has 0 radical (unpaired) electrons. The van der Waals surface area contributed by atoms with E-state index in [9.17, 15) is 13.0 Å². The summed E-state index contributed by atoms with van der Waals surface area (Å²) in [5.74, 6) is -1.28. The molecule has 1 aromatic rings.